The third-order valence-corrected chi connectivity index (χ3v) is 9.25. The number of hydrogen-bond donors (Lipinski definition) is 2. The Bertz CT molecular complexity index is 1740. The van der Waals surface area contributed by atoms with E-state index in [0.717, 1.165) is 12.8 Å². The number of imidazole rings is 1. The average Bonchev–Trinajstić information content (AvgIpc) is 3.37. The summed E-state index contributed by atoms with van der Waals surface area (Å²) in [5.74, 6) is -4.15. The molecular formula is C29H29F5N8O4. The number of halogens is 5. The van der Waals surface area contributed by atoms with E-state index in [1.807, 2.05) is 0 Å². The Hall–Kier alpha value is -4.44. The van der Waals surface area contributed by atoms with Crippen LogP contribution in [0.25, 0.3) is 5.65 Å². The van der Waals surface area contributed by atoms with Gasteiger partial charge in [-0.2, -0.15) is 18.3 Å². The highest BCUT2D eigenvalue weighted by Crippen LogP contribution is 2.44. The smallest absolute Gasteiger partial charge is 0.361 e. The number of carbonyl (C=O) groups is 2. The van der Waals surface area contributed by atoms with Gasteiger partial charge in [0.25, 0.3) is 5.91 Å². The SMILES string of the molecule is O=C(N[C@H](c1cn2ncc(C[C@@]3(Cc4ccno4)C[C@@H](C(F)(F)F)NC3=O)cc2n1)C1CCC(F)(F)CC1)c1nonc1C1CC1. The number of nitrogens with zero attached hydrogens (tertiary/aromatic N) is 6. The first-order valence-electron chi connectivity index (χ1n) is 15.0. The molecule has 0 unspecified atom stereocenters. The molecule has 1 aliphatic heterocycles. The van der Waals surface area contributed by atoms with E-state index in [1.165, 1.54) is 23.0 Å². The zero-order valence-corrected chi connectivity index (χ0v) is 24.3. The van der Waals surface area contributed by atoms with E-state index in [2.05, 4.69) is 36.2 Å². The van der Waals surface area contributed by atoms with E-state index in [9.17, 15) is 31.5 Å². The number of hydrogen-bond acceptors (Lipinski definition) is 9. The second-order valence-corrected chi connectivity index (χ2v) is 12.6. The molecule has 2 aliphatic carbocycles. The maximum Gasteiger partial charge on any atom is 0.408 e. The molecular weight excluding hydrogens is 619 g/mol. The Morgan fingerprint density at radius 2 is 1.93 bits per heavy atom. The zero-order valence-electron chi connectivity index (χ0n) is 24.3. The van der Waals surface area contributed by atoms with Crippen molar-refractivity contribution in [2.24, 2.45) is 11.3 Å². The van der Waals surface area contributed by atoms with Crippen molar-refractivity contribution in [2.45, 2.75) is 87.9 Å². The predicted octanol–water partition coefficient (Wildman–Crippen LogP) is 4.50. The largest absolute Gasteiger partial charge is 0.408 e. The van der Waals surface area contributed by atoms with Crippen LogP contribution in [0.3, 0.4) is 0 Å². The Labute approximate surface area is 257 Å². The third-order valence-electron chi connectivity index (χ3n) is 9.25. The highest BCUT2D eigenvalue weighted by Gasteiger charge is 2.56. The normalized spacial score (nSPS) is 24.3. The predicted molar refractivity (Wildman–Crippen MR) is 145 cm³/mol. The maximum absolute atomic E-state index is 14.1. The molecule has 0 aromatic carbocycles. The Balaban J connectivity index is 1.18. The summed E-state index contributed by atoms with van der Waals surface area (Å²) < 4.78 is 80.5. The number of aromatic nitrogens is 6. The van der Waals surface area contributed by atoms with Gasteiger partial charge in [0.05, 0.1) is 35.7 Å². The van der Waals surface area contributed by atoms with Gasteiger partial charge in [-0.3, -0.25) is 9.59 Å². The van der Waals surface area contributed by atoms with Crippen molar-refractivity contribution in [2.75, 3.05) is 0 Å². The number of rotatable bonds is 9. The average molecular weight is 649 g/mol. The summed E-state index contributed by atoms with van der Waals surface area (Å²) in [5, 5.41) is 20.7. The van der Waals surface area contributed by atoms with Gasteiger partial charge in [-0.15, -0.1) is 0 Å². The summed E-state index contributed by atoms with van der Waals surface area (Å²) in [6, 6.07) is 0.304. The molecule has 46 heavy (non-hydrogen) atoms. The first-order valence-corrected chi connectivity index (χ1v) is 15.0. The number of amides is 2. The highest BCUT2D eigenvalue weighted by atomic mass is 19.4. The summed E-state index contributed by atoms with van der Waals surface area (Å²) in [5.41, 5.74) is 0.115. The van der Waals surface area contributed by atoms with E-state index in [-0.39, 0.29) is 61.8 Å². The number of carbonyl (C=O) groups excluding carboxylic acids is 2. The van der Waals surface area contributed by atoms with Gasteiger partial charge in [0, 0.05) is 31.2 Å². The third kappa shape index (κ3) is 5.93. The summed E-state index contributed by atoms with van der Waals surface area (Å²) in [6.07, 6.45) is 0.304. The van der Waals surface area contributed by atoms with Crippen molar-refractivity contribution >= 4 is 17.5 Å². The van der Waals surface area contributed by atoms with E-state index < -0.39 is 47.8 Å². The van der Waals surface area contributed by atoms with Crippen molar-refractivity contribution in [3.63, 3.8) is 0 Å². The fourth-order valence-corrected chi connectivity index (χ4v) is 6.67. The van der Waals surface area contributed by atoms with Gasteiger partial charge in [0.1, 0.15) is 17.5 Å². The molecule has 4 aromatic heterocycles. The zero-order chi connectivity index (χ0) is 32.3. The second kappa shape index (κ2) is 11.1. The molecule has 1 saturated heterocycles. The Morgan fingerprint density at radius 3 is 2.61 bits per heavy atom. The molecule has 17 heteroatoms. The fraction of sp³-hybridized carbons (Fsp3) is 0.552. The van der Waals surface area contributed by atoms with Gasteiger partial charge in [0.15, 0.2) is 11.3 Å². The molecule has 7 rings (SSSR count). The van der Waals surface area contributed by atoms with E-state index in [0.29, 0.717) is 22.6 Å². The number of fused-ring (bicyclic) bond motifs is 1. The highest BCUT2D eigenvalue weighted by molar-refractivity contribution is 5.93. The standard InChI is InChI=1S/C29H29F5N8O4/c30-28(31)6-3-17(4-7-28)22(39-25(43)24-23(16-1-2-16)40-46-41-24)19-14-42-21(37-19)9-15(13-35-42)10-27(11-18-5-8-36-45-18)12-20(29(32,33)34)38-26(27)44/h5,8-9,13-14,16-17,20,22H,1-4,6-7,10-12H2,(H,38,44)(H,39,43)/t20-,22-,27+/m0/s1. The van der Waals surface area contributed by atoms with Gasteiger partial charge in [-0.05, 0) is 61.2 Å². The molecule has 3 aliphatic rings. The van der Waals surface area contributed by atoms with Crippen LogP contribution in [0.5, 0.6) is 0 Å². The number of alkyl halides is 5. The summed E-state index contributed by atoms with van der Waals surface area (Å²) in [6.45, 7) is 0. The molecule has 2 saturated carbocycles. The molecule has 2 N–H and O–H groups in total. The van der Waals surface area contributed by atoms with Crippen LogP contribution in [-0.4, -0.2) is 60.0 Å². The van der Waals surface area contributed by atoms with Crippen LogP contribution in [0.4, 0.5) is 22.0 Å². The van der Waals surface area contributed by atoms with Crippen LogP contribution in [-0.2, 0) is 17.6 Å². The number of nitrogens with one attached hydrogen (secondary N) is 2. The van der Waals surface area contributed by atoms with Crippen molar-refractivity contribution in [1.82, 2.24) is 40.7 Å². The van der Waals surface area contributed by atoms with Crippen molar-refractivity contribution < 1.29 is 40.7 Å². The lowest BCUT2D eigenvalue weighted by atomic mass is 9.75. The molecule has 0 spiro atoms. The molecule has 5 heterocycles. The molecule has 3 fully saturated rings. The van der Waals surface area contributed by atoms with Gasteiger partial charge in [-0.1, -0.05) is 10.3 Å². The van der Waals surface area contributed by atoms with Crippen LogP contribution < -0.4 is 10.6 Å². The maximum atomic E-state index is 14.1. The van der Waals surface area contributed by atoms with Crippen LogP contribution >= 0.6 is 0 Å². The van der Waals surface area contributed by atoms with Crippen molar-refractivity contribution in [1.29, 1.82) is 0 Å². The first kappa shape index (κ1) is 30.2. The summed E-state index contributed by atoms with van der Waals surface area (Å²) in [7, 11) is 0. The van der Waals surface area contributed by atoms with Gasteiger partial charge in [0.2, 0.25) is 11.8 Å². The van der Waals surface area contributed by atoms with Gasteiger partial charge in [-0.25, -0.2) is 22.9 Å². The molecule has 244 valence electrons. The minimum absolute atomic E-state index is 0.0434. The van der Waals surface area contributed by atoms with E-state index in [4.69, 9.17) is 9.15 Å². The topological polar surface area (TPSA) is 153 Å². The molecule has 0 radical (unpaired) electrons. The molecule has 3 atom stereocenters. The lowest BCUT2D eigenvalue weighted by molar-refractivity contribution is -0.155. The van der Waals surface area contributed by atoms with Crippen LogP contribution in [0.2, 0.25) is 0 Å². The quantitative estimate of drug-likeness (QED) is 0.250. The lowest BCUT2D eigenvalue weighted by Gasteiger charge is -2.33. The first-order chi connectivity index (χ1) is 21.9. The van der Waals surface area contributed by atoms with Gasteiger partial charge >= 0.3 is 6.18 Å². The molecule has 4 aromatic rings. The van der Waals surface area contributed by atoms with Crippen LogP contribution in [0, 0.1) is 11.3 Å². The summed E-state index contributed by atoms with van der Waals surface area (Å²) in [4.78, 5) is 31.1. The van der Waals surface area contributed by atoms with Gasteiger partial charge < -0.3 is 15.2 Å². The minimum Gasteiger partial charge on any atom is -0.361 e. The molecule has 12 nitrogen and oxygen atoms in total. The van der Waals surface area contributed by atoms with Crippen LogP contribution in [0.1, 0.15) is 90.1 Å². The monoisotopic (exact) mass is 648 g/mol. The van der Waals surface area contributed by atoms with E-state index >= 15 is 0 Å². The molecule has 2 amide bonds. The lowest BCUT2D eigenvalue weighted by Crippen LogP contribution is -2.39. The van der Waals surface area contributed by atoms with E-state index in [1.54, 1.807) is 12.3 Å². The van der Waals surface area contributed by atoms with Crippen molar-refractivity contribution in [3.05, 3.63) is 59.1 Å². The Kier molecular flexibility index (Phi) is 7.31. The molecule has 0 bridgehead atoms. The Morgan fingerprint density at radius 1 is 1.15 bits per heavy atom. The van der Waals surface area contributed by atoms with Crippen LogP contribution in [0.15, 0.2) is 39.9 Å². The minimum atomic E-state index is -4.64. The summed E-state index contributed by atoms with van der Waals surface area (Å²) >= 11 is 0. The van der Waals surface area contributed by atoms with Crippen molar-refractivity contribution in [3.8, 4) is 0 Å². The second-order valence-electron chi connectivity index (χ2n) is 12.6. The fourth-order valence-electron chi connectivity index (χ4n) is 6.67.